The third kappa shape index (κ3) is 2.64. The standard InChI is InChI=1S/C12H15BrN2O3/c1-7-3-4-18-11(7)12(17)14-9-6-15(2)5-8(13)10(9)16/h5-7,11H,3-4H2,1-2H3,(H,14,17)/t7-,11+/m0/s1. The number of carbonyl (C=O) groups is 1. The van der Waals surface area contributed by atoms with Crippen molar-refractivity contribution in [3.8, 4) is 0 Å². The van der Waals surface area contributed by atoms with Gasteiger partial charge in [0.05, 0.1) is 4.47 Å². The van der Waals surface area contributed by atoms with E-state index in [2.05, 4.69) is 21.2 Å². The Morgan fingerprint density at radius 3 is 2.89 bits per heavy atom. The number of pyridine rings is 1. The first-order valence-corrected chi connectivity index (χ1v) is 6.56. The average molecular weight is 315 g/mol. The van der Waals surface area contributed by atoms with Gasteiger partial charge in [-0.1, -0.05) is 6.92 Å². The second kappa shape index (κ2) is 5.24. The van der Waals surface area contributed by atoms with Crippen molar-refractivity contribution in [3.05, 3.63) is 27.1 Å². The molecule has 1 N–H and O–H groups in total. The van der Waals surface area contributed by atoms with Gasteiger partial charge in [0, 0.05) is 26.0 Å². The van der Waals surface area contributed by atoms with Gasteiger partial charge in [-0.15, -0.1) is 0 Å². The number of hydrogen-bond donors (Lipinski definition) is 1. The van der Waals surface area contributed by atoms with E-state index in [1.807, 2.05) is 6.92 Å². The molecule has 1 aliphatic rings. The van der Waals surface area contributed by atoms with Crippen LogP contribution in [0.15, 0.2) is 21.7 Å². The molecule has 0 spiro atoms. The lowest BCUT2D eigenvalue weighted by atomic mass is 10.0. The van der Waals surface area contributed by atoms with E-state index < -0.39 is 6.10 Å². The average Bonchev–Trinajstić information content (AvgIpc) is 2.71. The van der Waals surface area contributed by atoms with Crippen LogP contribution in [0.5, 0.6) is 0 Å². The van der Waals surface area contributed by atoms with Crippen molar-refractivity contribution in [2.24, 2.45) is 13.0 Å². The van der Waals surface area contributed by atoms with Crippen molar-refractivity contribution in [1.82, 2.24) is 4.57 Å². The topological polar surface area (TPSA) is 60.3 Å². The molecule has 0 bridgehead atoms. The number of halogens is 1. The molecule has 6 heteroatoms. The number of rotatable bonds is 2. The third-order valence-corrected chi connectivity index (χ3v) is 3.58. The Morgan fingerprint density at radius 1 is 1.56 bits per heavy atom. The summed E-state index contributed by atoms with van der Waals surface area (Å²) < 4.78 is 7.49. The van der Waals surface area contributed by atoms with Gasteiger partial charge in [0.2, 0.25) is 5.43 Å². The molecule has 0 radical (unpaired) electrons. The predicted octanol–water partition coefficient (Wildman–Crippen LogP) is 1.51. The fourth-order valence-electron chi connectivity index (χ4n) is 1.99. The summed E-state index contributed by atoms with van der Waals surface area (Å²) in [5.41, 5.74) is 0.0340. The van der Waals surface area contributed by atoms with Gasteiger partial charge in [-0.2, -0.15) is 0 Å². The van der Waals surface area contributed by atoms with Gasteiger partial charge >= 0.3 is 0 Å². The van der Waals surface area contributed by atoms with Crippen LogP contribution in [0.2, 0.25) is 0 Å². The highest BCUT2D eigenvalue weighted by molar-refractivity contribution is 9.10. The summed E-state index contributed by atoms with van der Waals surface area (Å²) in [5.74, 6) is -0.0730. The Morgan fingerprint density at radius 2 is 2.28 bits per heavy atom. The fourth-order valence-corrected chi connectivity index (χ4v) is 2.53. The monoisotopic (exact) mass is 314 g/mol. The molecule has 1 aliphatic heterocycles. The van der Waals surface area contributed by atoms with Crippen LogP contribution in [0.1, 0.15) is 13.3 Å². The van der Waals surface area contributed by atoms with Gasteiger partial charge in [0.15, 0.2) is 0 Å². The molecule has 0 aliphatic carbocycles. The second-order valence-electron chi connectivity index (χ2n) is 4.56. The Kier molecular flexibility index (Phi) is 3.87. The van der Waals surface area contributed by atoms with Gasteiger partial charge in [-0.25, -0.2) is 0 Å². The summed E-state index contributed by atoms with van der Waals surface area (Å²) in [6.07, 6.45) is 3.64. The van der Waals surface area contributed by atoms with Gasteiger partial charge in [-0.05, 0) is 28.3 Å². The molecule has 0 saturated carbocycles. The third-order valence-electron chi connectivity index (χ3n) is 3.01. The zero-order valence-corrected chi connectivity index (χ0v) is 11.9. The lowest BCUT2D eigenvalue weighted by Crippen LogP contribution is -2.33. The molecule has 1 aromatic rings. The molecule has 2 heterocycles. The van der Waals surface area contributed by atoms with E-state index >= 15 is 0 Å². The normalized spacial score (nSPS) is 23.1. The van der Waals surface area contributed by atoms with Crippen LogP contribution < -0.4 is 10.7 Å². The Balaban J connectivity index is 2.19. The van der Waals surface area contributed by atoms with Crippen molar-refractivity contribution in [2.45, 2.75) is 19.4 Å². The number of aryl methyl sites for hydroxylation is 1. The summed E-state index contributed by atoms with van der Waals surface area (Å²) in [4.78, 5) is 23.8. The minimum Gasteiger partial charge on any atom is -0.368 e. The maximum atomic E-state index is 12.0. The number of anilines is 1. The summed E-state index contributed by atoms with van der Waals surface area (Å²) in [6, 6.07) is 0. The van der Waals surface area contributed by atoms with E-state index in [0.29, 0.717) is 11.1 Å². The molecule has 98 valence electrons. The number of aromatic nitrogens is 1. The number of ether oxygens (including phenoxy) is 1. The Bertz CT molecular complexity index is 527. The number of nitrogens with one attached hydrogen (secondary N) is 1. The molecular weight excluding hydrogens is 300 g/mol. The summed E-state index contributed by atoms with van der Waals surface area (Å²) >= 11 is 3.17. The molecule has 1 saturated heterocycles. The zero-order chi connectivity index (χ0) is 13.3. The maximum Gasteiger partial charge on any atom is 0.253 e. The van der Waals surface area contributed by atoms with Crippen LogP contribution in [0.3, 0.4) is 0 Å². The Labute approximate surface area is 113 Å². The summed E-state index contributed by atoms with van der Waals surface area (Å²) in [6.45, 7) is 2.56. The highest BCUT2D eigenvalue weighted by Crippen LogP contribution is 2.21. The number of carbonyl (C=O) groups excluding carboxylic acids is 1. The first-order valence-electron chi connectivity index (χ1n) is 5.77. The predicted molar refractivity (Wildman–Crippen MR) is 71.5 cm³/mol. The number of nitrogens with zero attached hydrogens (tertiary/aromatic N) is 1. The van der Waals surface area contributed by atoms with Crippen molar-refractivity contribution >= 4 is 27.5 Å². The minimum absolute atomic E-state index is 0.181. The van der Waals surface area contributed by atoms with Crippen LogP contribution in [0.4, 0.5) is 5.69 Å². The molecule has 18 heavy (non-hydrogen) atoms. The van der Waals surface area contributed by atoms with Crippen LogP contribution in [-0.4, -0.2) is 23.2 Å². The van der Waals surface area contributed by atoms with E-state index in [1.165, 1.54) is 0 Å². The largest absolute Gasteiger partial charge is 0.368 e. The maximum absolute atomic E-state index is 12.0. The lowest BCUT2D eigenvalue weighted by molar-refractivity contribution is -0.126. The zero-order valence-electron chi connectivity index (χ0n) is 10.3. The highest BCUT2D eigenvalue weighted by atomic mass is 79.9. The van der Waals surface area contributed by atoms with Crippen LogP contribution in [-0.2, 0) is 16.6 Å². The summed E-state index contributed by atoms with van der Waals surface area (Å²) in [7, 11) is 1.79. The molecular formula is C12H15BrN2O3. The van der Waals surface area contributed by atoms with Crippen LogP contribution >= 0.6 is 15.9 Å². The molecule has 2 rings (SSSR count). The molecule has 1 amide bonds. The van der Waals surface area contributed by atoms with E-state index in [9.17, 15) is 9.59 Å². The van der Waals surface area contributed by atoms with Gasteiger partial charge in [0.25, 0.3) is 5.91 Å². The quantitative estimate of drug-likeness (QED) is 0.900. The van der Waals surface area contributed by atoms with Gasteiger partial charge in [-0.3, -0.25) is 9.59 Å². The van der Waals surface area contributed by atoms with Crippen molar-refractivity contribution < 1.29 is 9.53 Å². The van der Waals surface area contributed by atoms with Crippen molar-refractivity contribution in [3.63, 3.8) is 0 Å². The molecule has 2 atom stereocenters. The SMILES string of the molecule is C[C@H]1CCO[C@H]1C(=O)Nc1cn(C)cc(Br)c1=O. The van der Waals surface area contributed by atoms with Crippen LogP contribution in [0, 0.1) is 5.92 Å². The minimum atomic E-state index is -0.464. The molecule has 1 fully saturated rings. The molecule has 1 aromatic heterocycles. The first-order chi connectivity index (χ1) is 8.49. The molecule has 5 nitrogen and oxygen atoms in total. The van der Waals surface area contributed by atoms with E-state index in [4.69, 9.17) is 4.74 Å². The summed E-state index contributed by atoms with van der Waals surface area (Å²) in [5, 5.41) is 2.64. The lowest BCUT2D eigenvalue weighted by Gasteiger charge is -2.14. The van der Waals surface area contributed by atoms with Crippen LogP contribution in [0.25, 0.3) is 0 Å². The Hall–Kier alpha value is -1.14. The van der Waals surface area contributed by atoms with E-state index in [-0.39, 0.29) is 22.9 Å². The molecule has 0 unspecified atom stereocenters. The first kappa shape index (κ1) is 13.3. The molecule has 0 aromatic carbocycles. The van der Waals surface area contributed by atoms with Crippen molar-refractivity contribution in [2.75, 3.05) is 11.9 Å². The fraction of sp³-hybridized carbons (Fsp3) is 0.500. The second-order valence-corrected chi connectivity index (χ2v) is 5.42. The smallest absolute Gasteiger partial charge is 0.253 e. The highest BCUT2D eigenvalue weighted by Gasteiger charge is 2.31. The van der Waals surface area contributed by atoms with Crippen molar-refractivity contribution in [1.29, 1.82) is 0 Å². The van der Waals surface area contributed by atoms with Gasteiger partial charge < -0.3 is 14.6 Å². The van der Waals surface area contributed by atoms with E-state index in [1.54, 1.807) is 24.0 Å². The number of amides is 1. The van der Waals surface area contributed by atoms with Gasteiger partial charge in [0.1, 0.15) is 11.8 Å². The number of hydrogen-bond acceptors (Lipinski definition) is 3. The van der Waals surface area contributed by atoms with E-state index in [0.717, 1.165) is 6.42 Å².